The Labute approximate surface area is 117 Å². The first kappa shape index (κ1) is 15.5. The van der Waals surface area contributed by atoms with Crippen molar-refractivity contribution in [2.24, 2.45) is 4.40 Å². The van der Waals surface area contributed by atoms with E-state index < -0.39 is 11.4 Å². The van der Waals surface area contributed by atoms with E-state index in [1.165, 1.54) is 0 Å². The number of hydrogen-bond acceptors (Lipinski definition) is 3. The van der Waals surface area contributed by atoms with Crippen molar-refractivity contribution >= 4 is 28.7 Å². The van der Waals surface area contributed by atoms with Gasteiger partial charge in [-0.2, -0.15) is 0 Å². The number of halogens is 1. The standard InChI is InChI=1S/C13H19ClN2OS/c1-13(2,3)18(17)16-12(7-4-8-14)11-6-5-9-15-10-11/h5-6,9-10H,4,7-8H2,1-3H3/b16-12-. The molecule has 0 amide bonds. The molecular formula is C13H19ClN2OS. The fourth-order valence-corrected chi connectivity index (χ4v) is 2.05. The van der Waals surface area contributed by atoms with Crippen molar-refractivity contribution in [3.63, 3.8) is 0 Å². The summed E-state index contributed by atoms with van der Waals surface area (Å²) in [4.78, 5) is 4.07. The summed E-state index contributed by atoms with van der Waals surface area (Å²) < 4.78 is 16.1. The summed E-state index contributed by atoms with van der Waals surface area (Å²) in [6.07, 6.45) is 4.99. The first-order valence-electron chi connectivity index (χ1n) is 5.91. The summed E-state index contributed by atoms with van der Waals surface area (Å²) in [6.45, 7) is 5.74. The van der Waals surface area contributed by atoms with Gasteiger partial charge in [-0.3, -0.25) is 4.98 Å². The molecule has 1 aromatic heterocycles. The highest BCUT2D eigenvalue weighted by atomic mass is 35.5. The van der Waals surface area contributed by atoms with E-state index in [1.54, 1.807) is 12.4 Å². The monoisotopic (exact) mass is 286 g/mol. The fraction of sp³-hybridized carbons (Fsp3) is 0.538. The Morgan fingerprint density at radius 3 is 2.72 bits per heavy atom. The summed E-state index contributed by atoms with van der Waals surface area (Å²) in [5, 5.41) is 0. The van der Waals surface area contributed by atoms with Gasteiger partial charge in [0.15, 0.2) is 0 Å². The molecule has 0 saturated heterocycles. The van der Waals surface area contributed by atoms with E-state index in [4.69, 9.17) is 11.6 Å². The topological polar surface area (TPSA) is 48.3 Å². The van der Waals surface area contributed by atoms with Gasteiger partial charge in [-0.25, -0.2) is 0 Å². The third kappa shape index (κ3) is 4.96. The van der Waals surface area contributed by atoms with Crippen molar-refractivity contribution in [2.45, 2.75) is 38.4 Å². The first-order chi connectivity index (χ1) is 8.45. The van der Waals surface area contributed by atoms with E-state index in [0.29, 0.717) is 5.88 Å². The van der Waals surface area contributed by atoms with Crippen molar-refractivity contribution in [1.82, 2.24) is 4.98 Å². The molecule has 0 bridgehead atoms. The van der Waals surface area contributed by atoms with Crippen LogP contribution in [-0.2, 0) is 11.4 Å². The maximum absolute atomic E-state index is 12.1. The van der Waals surface area contributed by atoms with E-state index in [0.717, 1.165) is 24.1 Å². The van der Waals surface area contributed by atoms with Crippen LogP contribution in [0.15, 0.2) is 28.9 Å². The molecule has 1 atom stereocenters. The molecule has 1 unspecified atom stereocenters. The van der Waals surface area contributed by atoms with Crippen molar-refractivity contribution < 1.29 is 4.55 Å². The van der Waals surface area contributed by atoms with E-state index >= 15 is 0 Å². The third-order valence-corrected chi connectivity index (χ3v) is 3.96. The highest BCUT2D eigenvalue weighted by Crippen LogP contribution is 2.19. The molecule has 0 N–H and O–H groups in total. The van der Waals surface area contributed by atoms with Gasteiger partial charge in [-0.05, 0) is 45.7 Å². The molecule has 3 nitrogen and oxygen atoms in total. The van der Waals surface area contributed by atoms with Gasteiger partial charge in [0.25, 0.3) is 0 Å². The van der Waals surface area contributed by atoms with Crippen LogP contribution in [0.3, 0.4) is 0 Å². The van der Waals surface area contributed by atoms with Gasteiger partial charge in [-0.15, -0.1) is 11.6 Å². The lowest BCUT2D eigenvalue weighted by Gasteiger charge is -2.19. The number of alkyl halides is 1. The van der Waals surface area contributed by atoms with Crippen LogP contribution in [0.25, 0.3) is 0 Å². The lowest BCUT2D eigenvalue weighted by atomic mass is 10.1. The van der Waals surface area contributed by atoms with Crippen molar-refractivity contribution in [2.75, 3.05) is 5.88 Å². The molecule has 0 aliphatic carbocycles. The Morgan fingerprint density at radius 2 is 2.22 bits per heavy atom. The Hall–Kier alpha value is -0.580. The van der Waals surface area contributed by atoms with Crippen LogP contribution in [0, 0.1) is 0 Å². The van der Waals surface area contributed by atoms with Gasteiger partial charge < -0.3 is 4.55 Å². The predicted octanol–water partition coefficient (Wildman–Crippen LogP) is 3.35. The van der Waals surface area contributed by atoms with E-state index in [2.05, 4.69) is 9.38 Å². The van der Waals surface area contributed by atoms with Crippen molar-refractivity contribution in [1.29, 1.82) is 0 Å². The average molecular weight is 287 g/mol. The fourth-order valence-electron chi connectivity index (χ4n) is 1.25. The summed E-state index contributed by atoms with van der Waals surface area (Å²) in [7, 11) is 0. The molecule has 0 aliphatic heterocycles. The first-order valence-corrected chi connectivity index (χ1v) is 7.55. The minimum atomic E-state index is -1.25. The second kappa shape index (κ2) is 7.12. The zero-order valence-electron chi connectivity index (χ0n) is 11.0. The molecule has 0 radical (unpaired) electrons. The molecule has 18 heavy (non-hydrogen) atoms. The summed E-state index contributed by atoms with van der Waals surface area (Å²) in [5.41, 5.74) is 1.73. The van der Waals surface area contributed by atoms with Crippen molar-refractivity contribution in [3.05, 3.63) is 30.1 Å². The normalized spacial score (nSPS) is 14.6. The summed E-state index contributed by atoms with van der Waals surface area (Å²) in [5.74, 6) is 0.571. The second-order valence-electron chi connectivity index (χ2n) is 4.93. The van der Waals surface area contributed by atoms with Crippen LogP contribution in [-0.4, -0.2) is 25.9 Å². The highest BCUT2D eigenvalue weighted by molar-refractivity contribution is 7.91. The molecule has 1 aromatic rings. The van der Waals surface area contributed by atoms with Crippen LogP contribution in [0.2, 0.25) is 0 Å². The summed E-state index contributed by atoms with van der Waals surface area (Å²) >= 11 is 4.46. The molecule has 1 rings (SSSR count). The Kier molecular flexibility index (Phi) is 6.12. The molecule has 0 saturated carbocycles. The summed E-state index contributed by atoms with van der Waals surface area (Å²) in [6, 6.07) is 3.78. The number of rotatable bonds is 5. The Balaban J connectivity index is 2.95. The van der Waals surface area contributed by atoms with Crippen LogP contribution in [0.5, 0.6) is 0 Å². The van der Waals surface area contributed by atoms with E-state index in [1.807, 2.05) is 32.9 Å². The maximum atomic E-state index is 12.1. The average Bonchev–Trinajstić information content (AvgIpc) is 2.34. The minimum Gasteiger partial charge on any atom is -0.591 e. The van der Waals surface area contributed by atoms with E-state index in [9.17, 15) is 4.55 Å². The predicted molar refractivity (Wildman–Crippen MR) is 78.6 cm³/mol. The largest absolute Gasteiger partial charge is 0.591 e. The molecule has 1 heterocycles. The molecule has 0 aromatic carbocycles. The Bertz CT molecular complexity index is 390. The number of aromatic nitrogens is 1. The van der Waals surface area contributed by atoms with Crippen LogP contribution >= 0.6 is 11.6 Å². The van der Waals surface area contributed by atoms with Gasteiger partial charge in [-0.1, -0.05) is 4.40 Å². The van der Waals surface area contributed by atoms with Gasteiger partial charge in [0, 0.05) is 23.8 Å². The third-order valence-electron chi connectivity index (χ3n) is 2.26. The zero-order chi connectivity index (χ0) is 13.6. The van der Waals surface area contributed by atoms with Crippen LogP contribution in [0.1, 0.15) is 39.2 Å². The molecule has 0 spiro atoms. The van der Waals surface area contributed by atoms with Crippen molar-refractivity contribution in [3.8, 4) is 0 Å². The second-order valence-corrected chi connectivity index (χ2v) is 7.22. The molecule has 0 aliphatic rings. The van der Waals surface area contributed by atoms with Crippen LogP contribution in [0.4, 0.5) is 0 Å². The smallest absolute Gasteiger partial charge is 0.144 e. The molecule has 0 fully saturated rings. The minimum absolute atomic E-state index is 0.353. The SMILES string of the molecule is CC(C)(C)[S+]([O-])/N=C(/CCCCl)c1cccnc1. The Morgan fingerprint density at radius 1 is 1.50 bits per heavy atom. The molecular weight excluding hydrogens is 268 g/mol. The number of nitrogens with zero attached hydrogens (tertiary/aromatic N) is 2. The van der Waals surface area contributed by atoms with Gasteiger partial charge in [0.1, 0.15) is 21.8 Å². The van der Waals surface area contributed by atoms with Crippen LogP contribution < -0.4 is 0 Å². The zero-order valence-corrected chi connectivity index (χ0v) is 12.6. The molecule has 5 heteroatoms. The van der Waals surface area contributed by atoms with Gasteiger partial charge in [0.05, 0.1) is 0 Å². The van der Waals surface area contributed by atoms with E-state index in [-0.39, 0.29) is 4.75 Å². The lowest BCUT2D eigenvalue weighted by molar-refractivity contribution is 0.561. The molecule has 100 valence electrons. The highest BCUT2D eigenvalue weighted by Gasteiger charge is 2.27. The number of pyridine rings is 1. The maximum Gasteiger partial charge on any atom is 0.144 e. The number of hydrogen-bond donors (Lipinski definition) is 0. The lowest BCUT2D eigenvalue weighted by Crippen LogP contribution is -2.27. The van der Waals surface area contributed by atoms with Gasteiger partial charge >= 0.3 is 0 Å². The van der Waals surface area contributed by atoms with Gasteiger partial charge in [0.2, 0.25) is 0 Å². The quantitative estimate of drug-likeness (QED) is 0.473.